The molecule has 0 aliphatic heterocycles. The molecule has 0 saturated heterocycles. The van der Waals surface area contributed by atoms with Gasteiger partial charge in [0.05, 0.1) is 5.52 Å². The third kappa shape index (κ3) is 1.74. The Labute approximate surface area is 84.2 Å². The Morgan fingerprint density at radius 3 is 2.45 bits per heavy atom. The Hall–Kier alpha value is -0.500. The van der Waals surface area contributed by atoms with Gasteiger partial charge in [-0.3, -0.25) is 4.98 Å². The third-order valence-corrected chi connectivity index (χ3v) is 1.51. The van der Waals surface area contributed by atoms with Gasteiger partial charge in [-0.1, -0.05) is 24.3 Å². The zero-order valence-electron chi connectivity index (χ0n) is 5.99. The van der Waals surface area contributed by atoms with E-state index >= 15 is 0 Å². The van der Waals surface area contributed by atoms with Crippen molar-refractivity contribution in [2.45, 2.75) is 0 Å². The molecule has 2 rings (SSSR count). The summed E-state index contributed by atoms with van der Waals surface area (Å²) in [6, 6.07) is 12.1. The van der Waals surface area contributed by atoms with Crippen molar-refractivity contribution in [2.24, 2.45) is 0 Å². The predicted molar refractivity (Wildman–Crippen MR) is 41.7 cm³/mol. The monoisotopic (exact) mass is 309 g/mol. The Kier molecular flexibility index (Phi) is 2.94. The second-order valence-corrected chi connectivity index (χ2v) is 2.20. The number of fused-ring (bicyclic) bond motifs is 1. The standard InChI is InChI=1S/C9H7N.Hf/c1-2-6-9-8(4-1)5-3-7-10-9;/h1-7H;. The molecule has 2 aromatic rings. The second-order valence-electron chi connectivity index (χ2n) is 2.20. The SMILES string of the molecule is [Hf].c1ccc2ncccc2c1. The van der Waals surface area contributed by atoms with E-state index in [0.29, 0.717) is 0 Å². The zero-order valence-corrected chi connectivity index (χ0v) is 9.58. The van der Waals surface area contributed by atoms with Gasteiger partial charge >= 0.3 is 0 Å². The van der Waals surface area contributed by atoms with Gasteiger partial charge in [0.1, 0.15) is 0 Å². The molecule has 0 radical (unpaired) electrons. The molecule has 0 spiro atoms. The molecule has 0 saturated carbocycles. The van der Waals surface area contributed by atoms with Crippen molar-refractivity contribution < 1.29 is 25.8 Å². The summed E-state index contributed by atoms with van der Waals surface area (Å²) in [5, 5.41) is 1.20. The zero-order chi connectivity index (χ0) is 6.81. The van der Waals surface area contributed by atoms with E-state index in [9.17, 15) is 0 Å². The summed E-state index contributed by atoms with van der Waals surface area (Å²) in [7, 11) is 0. The maximum Gasteiger partial charge on any atom is 0.0701 e. The molecule has 1 aromatic carbocycles. The number of benzene rings is 1. The van der Waals surface area contributed by atoms with Crippen molar-refractivity contribution in [1.82, 2.24) is 4.98 Å². The molecule has 0 unspecified atom stereocenters. The molecule has 2 heteroatoms. The van der Waals surface area contributed by atoms with E-state index in [1.807, 2.05) is 30.5 Å². The first-order valence-electron chi connectivity index (χ1n) is 3.26. The van der Waals surface area contributed by atoms with Gasteiger partial charge in [-0.2, -0.15) is 0 Å². The van der Waals surface area contributed by atoms with Gasteiger partial charge in [0.25, 0.3) is 0 Å². The van der Waals surface area contributed by atoms with E-state index in [1.165, 1.54) is 5.39 Å². The summed E-state index contributed by atoms with van der Waals surface area (Å²) in [6.45, 7) is 0. The number of aromatic nitrogens is 1. The van der Waals surface area contributed by atoms with Crippen molar-refractivity contribution in [1.29, 1.82) is 0 Å². The largest absolute Gasteiger partial charge is 0.256 e. The van der Waals surface area contributed by atoms with Gasteiger partial charge in [-0.05, 0) is 12.1 Å². The van der Waals surface area contributed by atoms with Crippen LogP contribution in [0.15, 0.2) is 42.6 Å². The fourth-order valence-corrected chi connectivity index (χ4v) is 1.02. The molecule has 0 aliphatic rings. The molecular weight excluding hydrogens is 301 g/mol. The summed E-state index contributed by atoms with van der Waals surface area (Å²) < 4.78 is 0. The van der Waals surface area contributed by atoms with Gasteiger partial charge in [0, 0.05) is 37.4 Å². The average molecular weight is 308 g/mol. The van der Waals surface area contributed by atoms with Crippen molar-refractivity contribution >= 4 is 10.9 Å². The minimum Gasteiger partial charge on any atom is -0.256 e. The minimum atomic E-state index is 0. The van der Waals surface area contributed by atoms with Crippen LogP contribution in [0.2, 0.25) is 0 Å². The summed E-state index contributed by atoms with van der Waals surface area (Å²) in [4.78, 5) is 4.18. The number of hydrogen-bond acceptors (Lipinski definition) is 1. The van der Waals surface area contributed by atoms with Crippen molar-refractivity contribution in [3.8, 4) is 0 Å². The van der Waals surface area contributed by atoms with E-state index < -0.39 is 0 Å². The first-order chi connectivity index (χ1) is 4.97. The van der Waals surface area contributed by atoms with E-state index in [0.717, 1.165) is 5.52 Å². The molecule has 0 N–H and O–H groups in total. The number of hydrogen-bond donors (Lipinski definition) is 0. The molecule has 11 heavy (non-hydrogen) atoms. The van der Waals surface area contributed by atoms with Gasteiger partial charge in [-0.15, -0.1) is 0 Å². The van der Waals surface area contributed by atoms with Crippen LogP contribution in [0.4, 0.5) is 0 Å². The molecule has 1 aromatic heterocycles. The molecular formula is C9H7HfN. The molecule has 1 nitrogen and oxygen atoms in total. The fraction of sp³-hybridized carbons (Fsp3) is 0. The normalized spacial score (nSPS) is 9.09. The third-order valence-electron chi connectivity index (χ3n) is 1.51. The number of pyridine rings is 1. The van der Waals surface area contributed by atoms with E-state index in [2.05, 4.69) is 17.1 Å². The van der Waals surface area contributed by atoms with Crippen LogP contribution >= 0.6 is 0 Å². The summed E-state index contributed by atoms with van der Waals surface area (Å²) >= 11 is 0. The molecule has 52 valence electrons. The second kappa shape index (κ2) is 3.77. The van der Waals surface area contributed by atoms with Crippen LogP contribution in [-0.4, -0.2) is 4.98 Å². The smallest absolute Gasteiger partial charge is 0.0701 e. The van der Waals surface area contributed by atoms with E-state index in [1.54, 1.807) is 0 Å². The maximum atomic E-state index is 4.18. The van der Waals surface area contributed by atoms with Gasteiger partial charge in [-0.25, -0.2) is 0 Å². The Balaban J connectivity index is 0.000000605. The number of nitrogens with zero attached hydrogens (tertiary/aromatic N) is 1. The van der Waals surface area contributed by atoms with Crippen LogP contribution < -0.4 is 0 Å². The van der Waals surface area contributed by atoms with Crippen LogP contribution in [0.1, 0.15) is 0 Å². The molecule has 0 aliphatic carbocycles. The topological polar surface area (TPSA) is 12.9 Å². The van der Waals surface area contributed by atoms with E-state index in [4.69, 9.17) is 0 Å². The predicted octanol–water partition coefficient (Wildman–Crippen LogP) is 2.23. The maximum absolute atomic E-state index is 4.18. The van der Waals surface area contributed by atoms with Crippen LogP contribution in [-0.2, 0) is 25.8 Å². The Morgan fingerprint density at radius 2 is 1.64 bits per heavy atom. The van der Waals surface area contributed by atoms with Crippen molar-refractivity contribution in [3.05, 3.63) is 42.6 Å². The van der Waals surface area contributed by atoms with Crippen LogP contribution in [0.3, 0.4) is 0 Å². The van der Waals surface area contributed by atoms with Gasteiger partial charge in [0.2, 0.25) is 0 Å². The molecule has 0 bridgehead atoms. The molecule has 0 fully saturated rings. The van der Waals surface area contributed by atoms with Crippen LogP contribution in [0.25, 0.3) is 10.9 Å². The molecule has 0 atom stereocenters. The van der Waals surface area contributed by atoms with Crippen LogP contribution in [0, 0.1) is 0 Å². The van der Waals surface area contributed by atoms with Crippen molar-refractivity contribution in [3.63, 3.8) is 0 Å². The molecule has 0 amide bonds. The Bertz CT molecular complexity index is 281. The van der Waals surface area contributed by atoms with Gasteiger partial charge < -0.3 is 0 Å². The fourth-order valence-electron chi connectivity index (χ4n) is 1.02. The van der Waals surface area contributed by atoms with Crippen molar-refractivity contribution in [2.75, 3.05) is 0 Å². The first-order valence-corrected chi connectivity index (χ1v) is 3.26. The number of rotatable bonds is 0. The number of para-hydroxylation sites is 1. The quantitative estimate of drug-likeness (QED) is 0.680. The summed E-state index contributed by atoms with van der Waals surface area (Å²) in [6.07, 6.45) is 1.81. The summed E-state index contributed by atoms with van der Waals surface area (Å²) in [5.41, 5.74) is 1.06. The Morgan fingerprint density at radius 1 is 0.909 bits per heavy atom. The van der Waals surface area contributed by atoms with Gasteiger partial charge in [0.15, 0.2) is 0 Å². The van der Waals surface area contributed by atoms with Crippen LogP contribution in [0.5, 0.6) is 0 Å². The minimum absolute atomic E-state index is 0. The first kappa shape index (κ1) is 8.60. The molecule has 1 heterocycles. The summed E-state index contributed by atoms with van der Waals surface area (Å²) in [5.74, 6) is 0. The average Bonchev–Trinajstić information content (AvgIpc) is 2.05. The van der Waals surface area contributed by atoms with E-state index in [-0.39, 0.29) is 25.8 Å².